The lowest BCUT2D eigenvalue weighted by Crippen LogP contribution is -2.49. The first kappa shape index (κ1) is 18.5. The fourth-order valence-corrected chi connectivity index (χ4v) is 3.63. The predicted octanol–water partition coefficient (Wildman–Crippen LogP) is 1.02. The monoisotopic (exact) mass is 383 g/mol. The molecule has 2 aliphatic heterocycles. The SMILES string of the molecule is CN1CCN(C(=O)c2cc(N3CCN(C(=O)c4ccco4)CC3)ccn2)CC1. The summed E-state index contributed by atoms with van der Waals surface area (Å²) in [6, 6.07) is 7.20. The Bertz CT molecular complexity index is 822. The van der Waals surface area contributed by atoms with E-state index < -0.39 is 0 Å². The van der Waals surface area contributed by atoms with Crippen molar-refractivity contribution >= 4 is 17.5 Å². The number of anilines is 1. The van der Waals surface area contributed by atoms with Gasteiger partial charge in [0, 0.05) is 64.2 Å². The minimum atomic E-state index is -0.0784. The van der Waals surface area contributed by atoms with Crippen LogP contribution in [-0.4, -0.2) is 90.9 Å². The molecule has 0 aliphatic carbocycles. The van der Waals surface area contributed by atoms with Gasteiger partial charge < -0.3 is 24.0 Å². The number of hydrogen-bond donors (Lipinski definition) is 0. The van der Waals surface area contributed by atoms with Crippen LogP contribution in [0.1, 0.15) is 21.0 Å². The van der Waals surface area contributed by atoms with Gasteiger partial charge in [-0.3, -0.25) is 14.6 Å². The molecule has 0 N–H and O–H groups in total. The van der Waals surface area contributed by atoms with Crippen LogP contribution in [0.4, 0.5) is 5.69 Å². The minimum Gasteiger partial charge on any atom is -0.459 e. The molecule has 0 radical (unpaired) electrons. The summed E-state index contributed by atoms with van der Waals surface area (Å²) in [6.07, 6.45) is 3.21. The lowest BCUT2D eigenvalue weighted by molar-refractivity contribution is 0.0658. The molecular weight excluding hydrogens is 358 g/mol. The van der Waals surface area contributed by atoms with Crippen LogP contribution >= 0.6 is 0 Å². The standard InChI is InChI=1S/C20H25N5O3/c1-22-6-8-24(9-7-22)19(26)17-15-16(4-5-21-17)23-10-12-25(13-11-23)20(27)18-3-2-14-28-18/h2-5,14-15H,6-13H2,1H3. The summed E-state index contributed by atoms with van der Waals surface area (Å²) in [5, 5.41) is 0. The molecule has 0 atom stereocenters. The molecule has 28 heavy (non-hydrogen) atoms. The maximum absolute atomic E-state index is 12.8. The van der Waals surface area contributed by atoms with Crippen molar-refractivity contribution in [2.45, 2.75) is 0 Å². The van der Waals surface area contributed by atoms with Gasteiger partial charge in [0.15, 0.2) is 5.76 Å². The Balaban J connectivity index is 1.38. The summed E-state index contributed by atoms with van der Waals surface area (Å²) in [6.45, 7) is 5.88. The third-order valence-electron chi connectivity index (χ3n) is 5.42. The molecule has 0 saturated carbocycles. The number of carbonyl (C=O) groups excluding carboxylic acids is 2. The first-order valence-corrected chi connectivity index (χ1v) is 9.63. The first-order valence-electron chi connectivity index (χ1n) is 9.63. The quantitative estimate of drug-likeness (QED) is 0.788. The number of aromatic nitrogens is 1. The first-order chi connectivity index (χ1) is 13.6. The molecule has 2 fully saturated rings. The Hall–Kier alpha value is -2.87. The Kier molecular flexibility index (Phi) is 5.29. The highest BCUT2D eigenvalue weighted by Crippen LogP contribution is 2.19. The molecule has 0 unspecified atom stereocenters. The minimum absolute atomic E-state index is 0.0124. The van der Waals surface area contributed by atoms with Crippen molar-refractivity contribution < 1.29 is 14.0 Å². The second-order valence-corrected chi connectivity index (χ2v) is 7.25. The molecule has 2 amide bonds. The van der Waals surface area contributed by atoms with E-state index in [0.29, 0.717) is 37.6 Å². The Morgan fingerprint density at radius 1 is 0.929 bits per heavy atom. The molecule has 4 heterocycles. The van der Waals surface area contributed by atoms with Gasteiger partial charge in [-0.1, -0.05) is 0 Å². The topological polar surface area (TPSA) is 73.1 Å². The number of piperazine rings is 2. The molecule has 0 spiro atoms. The number of nitrogens with zero attached hydrogens (tertiary/aromatic N) is 5. The molecule has 2 aliphatic rings. The Morgan fingerprint density at radius 2 is 1.61 bits per heavy atom. The number of furan rings is 1. The van der Waals surface area contributed by atoms with Crippen LogP contribution in [0.3, 0.4) is 0 Å². The highest BCUT2D eigenvalue weighted by atomic mass is 16.3. The summed E-state index contributed by atoms with van der Waals surface area (Å²) in [5.41, 5.74) is 1.45. The molecule has 2 aromatic rings. The molecular formula is C20H25N5O3. The van der Waals surface area contributed by atoms with E-state index in [-0.39, 0.29) is 11.8 Å². The van der Waals surface area contributed by atoms with Crippen LogP contribution in [0.15, 0.2) is 41.1 Å². The van der Waals surface area contributed by atoms with Crippen LogP contribution in [0, 0.1) is 0 Å². The molecule has 4 rings (SSSR count). The molecule has 0 aromatic carbocycles. The van der Waals surface area contributed by atoms with Gasteiger partial charge in [0.25, 0.3) is 11.8 Å². The molecule has 148 valence electrons. The van der Waals surface area contributed by atoms with E-state index in [2.05, 4.69) is 21.8 Å². The van der Waals surface area contributed by atoms with E-state index in [1.165, 1.54) is 6.26 Å². The van der Waals surface area contributed by atoms with Gasteiger partial charge in [-0.25, -0.2) is 0 Å². The fraction of sp³-hybridized carbons (Fsp3) is 0.450. The molecule has 8 nitrogen and oxygen atoms in total. The van der Waals surface area contributed by atoms with E-state index >= 15 is 0 Å². The lowest BCUT2D eigenvalue weighted by atomic mass is 10.2. The van der Waals surface area contributed by atoms with Gasteiger partial charge in [-0.15, -0.1) is 0 Å². The highest BCUT2D eigenvalue weighted by Gasteiger charge is 2.25. The zero-order chi connectivity index (χ0) is 19.5. The number of rotatable bonds is 3. The van der Waals surface area contributed by atoms with Crippen molar-refractivity contribution in [1.82, 2.24) is 19.7 Å². The lowest BCUT2D eigenvalue weighted by Gasteiger charge is -2.36. The van der Waals surface area contributed by atoms with Crippen LogP contribution in [-0.2, 0) is 0 Å². The number of likely N-dealkylation sites (N-methyl/N-ethyl adjacent to an activating group) is 1. The highest BCUT2D eigenvalue weighted by molar-refractivity contribution is 5.93. The number of carbonyl (C=O) groups is 2. The maximum atomic E-state index is 12.8. The molecule has 2 aromatic heterocycles. The van der Waals surface area contributed by atoms with Crippen molar-refractivity contribution in [3.63, 3.8) is 0 Å². The van der Waals surface area contributed by atoms with Gasteiger partial charge >= 0.3 is 0 Å². The third kappa shape index (κ3) is 3.87. The van der Waals surface area contributed by atoms with E-state index in [0.717, 1.165) is 31.9 Å². The van der Waals surface area contributed by atoms with Crippen molar-refractivity contribution in [2.24, 2.45) is 0 Å². The van der Waals surface area contributed by atoms with E-state index in [1.54, 1.807) is 23.2 Å². The van der Waals surface area contributed by atoms with Gasteiger partial charge in [0.2, 0.25) is 0 Å². The van der Waals surface area contributed by atoms with Crippen molar-refractivity contribution in [3.05, 3.63) is 48.2 Å². The van der Waals surface area contributed by atoms with Gasteiger partial charge in [-0.2, -0.15) is 0 Å². The predicted molar refractivity (Wildman–Crippen MR) is 104 cm³/mol. The van der Waals surface area contributed by atoms with E-state index in [1.807, 2.05) is 17.0 Å². The zero-order valence-corrected chi connectivity index (χ0v) is 16.1. The zero-order valence-electron chi connectivity index (χ0n) is 16.1. The van der Waals surface area contributed by atoms with Gasteiger partial charge in [0.1, 0.15) is 5.69 Å². The summed E-state index contributed by atoms with van der Waals surface area (Å²) < 4.78 is 5.21. The summed E-state index contributed by atoms with van der Waals surface area (Å²) in [4.78, 5) is 37.5. The van der Waals surface area contributed by atoms with Crippen molar-refractivity contribution in [2.75, 3.05) is 64.3 Å². The third-order valence-corrected chi connectivity index (χ3v) is 5.42. The molecule has 0 bridgehead atoms. The summed E-state index contributed by atoms with van der Waals surface area (Å²) in [5.74, 6) is 0.282. The van der Waals surface area contributed by atoms with Crippen LogP contribution in [0.5, 0.6) is 0 Å². The second kappa shape index (κ2) is 8.02. The van der Waals surface area contributed by atoms with Crippen LogP contribution < -0.4 is 4.90 Å². The normalized spacial score (nSPS) is 18.4. The second-order valence-electron chi connectivity index (χ2n) is 7.25. The number of hydrogen-bond acceptors (Lipinski definition) is 6. The smallest absolute Gasteiger partial charge is 0.289 e. The van der Waals surface area contributed by atoms with Crippen molar-refractivity contribution in [1.29, 1.82) is 0 Å². The maximum Gasteiger partial charge on any atom is 0.289 e. The largest absolute Gasteiger partial charge is 0.459 e. The van der Waals surface area contributed by atoms with Crippen LogP contribution in [0.25, 0.3) is 0 Å². The number of pyridine rings is 1. The average Bonchev–Trinajstić information content (AvgIpc) is 3.28. The summed E-state index contributed by atoms with van der Waals surface area (Å²) >= 11 is 0. The van der Waals surface area contributed by atoms with Crippen molar-refractivity contribution in [3.8, 4) is 0 Å². The fourth-order valence-electron chi connectivity index (χ4n) is 3.63. The van der Waals surface area contributed by atoms with E-state index in [4.69, 9.17) is 4.42 Å². The van der Waals surface area contributed by atoms with Gasteiger partial charge in [0.05, 0.1) is 6.26 Å². The number of amides is 2. The summed E-state index contributed by atoms with van der Waals surface area (Å²) in [7, 11) is 2.07. The Labute approximate surface area is 164 Å². The molecule has 2 saturated heterocycles. The Morgan fingerprint density at radius 3 is 2.29 bits per heavy atom. The van der Waals surface area contributed by atoms with Crippen LogP contribution in [0.2, 0.25) is 0 Å². The molecule has 8 heteroatoms. The van der Waals surface area contributed by atoms with Gasteiger partial charge in [-0.05, 0) is 31.3 Å². The average molecular weight is 383 g/mol. The van der Waals surface area contributed by atoms with E-state index in [9.17, 15) is 9.59 Å².